The number of hydrazone groups is 1. The summed E-state index contributed by atoms with van der Waals surface area (Å²) in [6, 6.07) is 10.8. The van der Waals surface area contributed by atoms with Crippen molar-refractivity contribution < 1.29 is 24.2 Å². The van der Waals surface area contributed by atoms with Gasteiger partial charge in [0.2, 0.25) is 0 Å². The first-order valence-electron chi connectivity index (χ1n) is 8.11. The number of aromatic hydroxyl groups is 1. The van der Waals surface area contributed by atoms with Crippen molar-refractivity contribution in [3.05, 3.63) is 53.6 Å². The third-order valence-electron chi connectivity index (χ3n) is 4.36. The van der Waals surface area contributed by atoms with Gasteiger partial charge in [0.1, 0.15) is 11.3 Å². The van der Waals surface area contributed by atoms with E-state index in [0.29, 0.717) is 22.6 Å². The lowest BCUT2D eigenvalue weighted by Crippen LogP contribution is -2.40. The van der Waals surface area contributed by atoms with Gasteiger partial charge in [-0.1, -0.05) is 12.1 Å². The highest BCUT2D eigenvalue weighted by Crippen LogP contribution is 2.30. The van der Waals surface area contributed by atoms with Gasteiger partial charge in [0, 0.05) is 0 Å². The molecule has 1 atom stereocenters. The Bertz CT molecular complexity index is 910. The molecule has 1 heterocycles. The summed E-state index contributed by atoms with van der Waals surface area (Å²) < 4.78 is 10.1. The highest BCUT2D eigenvalue weighted by molar-refractivity contribution is 6.07. The van der Waals surface area contributed by atoms with Crippen molar-refractivity contribution in [2.75, 3.05) is 14.2 Å². The first-order valence-corrected chi connectivity index (χ1v) is 8.11. The molecule has 0 aliphatic carbocycles. The van der Waals surface area contributed by atoms with E-state index in [2.05, 4.69) is 10.4 Å². The molecule has 1 aliphatic heterocycles. The summed E-state index contributed by atoms with van der Waals surface area (Å²) in [6.45, 7) is 1.61. The van der Waals surface area contributed by atoms with Gasteiger partial charge < -0.3 is 19.9 Å². The first-order chi connectivity index (χ1) is 12.9. The normalized spacial score (nSPS) is 19.4. The molecule has 1 fully saturated rings. The maximum Gasteiger partial charge on any atom is 0.346 e. The van der Waals surface area contributed by atoms with E-state index in [1.54, 1.807) is 50.4 Å². The predicted octanol–water partition coefficient (Wildman–Crippen LogP) is 2.21. The van der Waals surface area contributed by atoms with E-state index in [0.717, 1.165) is 5.01 Å². The monoisotopic (exact) mass is 369 g/mol. The molecule has 1 saturated heterocycles. The van der Waals surface area contributed by atoms with Gasteiger partial charge in [0.15, 0.2) is 11.5 Å². The molecule has 3 amide bonds. The van der Waals surface area contributed by atoms with E-state index in [4.69, 9.17) is 9.47 Å². The molecular weight excluding hydrogens is 350 g/mol. The number of benzene rings is 2. The zero-order valence-electron chi connectivity index (χ0n) is 15.1. The standard InChI is InChI=1S/C19H19N3O5/c1-19(13-5-7-14(26-2)8-6-13)17(24)22(18(25)21-19)20-11-12-4-9-16(27-3)15(23)10-12/h4-11,23H,1-3H3,(H,21,25)/t19-/m1/s1. The van der Waals surface area contributed by atoms with Crippen LogP contribution in [-0.2, 0) is 10.3 Å². The second-order valence-corrected chi connectivity index (χ2v) is 6.08. The lowest BCUT2D eigenvalue weighted by molar-refractivity contribution is -0.131. The minimum Gasteiger partial charge on any atom is -0.504 e. The molecular formula is C19H19N3O5. The van der Waals surface area contributed by atoms with Crippen molar-refractivity contribution in [2.24, 2.45) is 5.10 Å². The summed E-state index contributed by atoms with van der Waals surface area (Å²) in [6.07, 6.45) is 1.32. The number of amides is 3. The molecule has 2 aromatic carbocycles. The van der Waals surface area contributed by atoms with Crippen LogP contribution in [0.5, 0.6) is 17.2 Å². The Kier molecular flexibility index (Phi) is 4.72. The lowest BCUT2D eigenvalue weighted by Gasteiger charge is -2.21. The number of phenolic OH excluding ortho intramolecular Hbond substituents is 1. The van der Waals surface area contributed by atoms with Crippen molar-refractivity contribution in [3.63, 3.8) is 0 Å². The van der Waals surface area contributed by atoms with Gasteiger partial charge in [-0.05, 0) is 48.4 Å². The topological polar surface area (TPSA) is 100 Å². The second-order valence-electron chi connectivity index (χ2n) is 6.08. The number of nitrogens with zero attached hydrogens (tertiary/aromatic N) is 2. The van der Waals surface area contributed by atoms with Crippen LogP contribution in [0.3, 0.4) is 0 Å². The zero-order valence-corrected chi connectivity index (χ0v) is 15.1. The van der Waals surface area contributed by atoms with Crippen LogP contribution in [-0.4, -0.2) is 42.5 Å². The van der Waals surface area contributed by atoms with E-state index < -0.39 is 17.5 Å². The molecule has 1 aliphatic rings. The Morgan fingerprint density at radius 3 is 2.41 bits per heavy atom. The number of carbonyl (C=O) groups excluding carboxylic acids is 2. The number of carbonyl (C=O) groups is 2. The van der Waals surface area contributed by atoms with E-state index in [9.17, 15) is 14.7 Å². The fraction of sp³-hybridized carbons (Fsp3) is 0.211. The van der Waals surface area contributed by atoms with Crippen LogP contribution in [0.2, 0.25) is 0 Å². The van der Waals surface area contributed by atoms with Crippen LogP contribution in [0.15, 0.2) is 47.6 Å². The van der Waals surface area contributed by atoms with Gasteiger partial charge in [-0.3, -0.25) is 4.79 Å². The Hall–Kier alpha value is -3.55. The molecule has 8 nitrogen and oxygen atoms in total. The smallest absolute Gasteiger partial charge is 0.346 e. The Labute approximate surface area is 156 Å². The van der Waals surface area contributed by atoms with Gasteiger partial charge in [-0.2, -0.15) is 5.10 Å². The second kappa shape index (κ2) is 6.99. The molecule has 0 spiro atoms. The number of hydrogen-bond acceptors (Lipinski definition) is 6. The van der Waals surface area contributed by atoms with Crippen molar-refractivity contribution in [3.8, 4) is 17.2 Å². The number of nitrogens with one attached hydrogen (secondary N) is 1. The number of hydrogen-bond donors (Lipinski definition) is 2. The minimum absolute atomic E-state index is 0.0679. The van der Waals surface area contributed by atoms with Gasteiger partial charge in [-0.15, -0.1) is 5.01 Å². The van der Waals surface area contributed by atoms with Crippen molar-refractivity contribution in [2.45, 2.75) is 12.5 Å². The zero-order chi connectivity index (χ0) is 19.6. The summed E-state index contributed by atoms with van der Waals surface area (Å²) in [7, 11) is 2.99. The SMILES string of the molecule is COc1ccc([C@@]2(C)NC(=O)N(N=Cc3ccc(OC)c(O)c3)C2=O)cc1. The van der Waals surface area contributed by atoms with Crippen LogP contribution in [0.25, 0.3) is 0 Å². The first kappa shape index (κ1) is 18.2. The van der Waals surface area contributed by atoms with Gasteiger partial charge in [0.05, 0.1) is 20.4 Å². The third-order valence-corrected chi connectivity index (χ3v) is 4.36. The summed E-state index contributed by atoms with van der Waals surface area (Å²) in [4.78, 5) is 25.1. The summed E-state index contributed by atoms with van der Waals surface area (Å²) in [5.74, 6) is 0.385. The maximum absolute atomic E-state index is 12.8. The molecule has 3 rings (SSSR count). The fourth-order valence-corrected chi connectivity index (χ4v) is 2.76. The number of methoxy groups -OCH3 is 2. The van der Waals surface area contributed by atoms with Crippen LogP contribution in [0.4, 0.5) is 4.79 Å². The van der Waals surface area contributed by atoms with Crippen LogP contribution in [0.1, 0.15) is 18.1 Å². The summed E-state index contributed by atoms with van der Waals surface area (Å²) in [5.41, 5.74) is -0.115. The number of phenols is 1. The summed E-state index contributed by atoms with van der Waals surface area (Å²) >= 11 is 0. The fourth-order valence-electron chi connectivity index (χ4n) is 2.76. The molecule has 2 N–H and O–H groups in total. The maximum atomic E-state index is 12.8. The van der Waals surface area contributed by atoms with Crippen molar-refractivity contribution in [1.82, 2.24) is 10.3 Å². The van der Waals surface area contributed by atoms with E-state index in [1.807, 2.05) is 0 Å². The Morgan fingerprint density at radius 1 is 1.11 bits per heavy atom. The average molecular weight is 369 g/mol. The number of ether oxygens (including phenoxy) is 2. The molecule has 2 aromatic rings. The molecule has 0 unspecified atom stereocenters. The summed E-state index contributed by atoms with van der Waals surface area (Å²) in [5, 5.41) is 17.2. The lowest BCUT2D eigenvalue weighted by atomic mass is 9.92. The Balaban J connectivity index is 1.84. The Morgan fingerprint density at radius 2 is 1.81 bits per heavy atom. The average Bonchev–Trinajstić information content (AvgIpc) is 2.89. The van der Waals surface area contributed by atoms with Gasteiger partial charge in [0.25, 0.3) is 5.91 Å². The quantitative estimate of drug-likeness (QED) is 0.622. The molecule has 27 heavy (non-hydrogen) atoms. The highest BCUT2D eigenvalue weighted by Gasteiger charge is 2.49. The van der Waals surface area contributed by atoms with Crippen LogP contribution >= 0.6 is 0 Å². The van der Waals surface area contributed by atoms with Gasteiger partial charge >= 0.3 is 6.03 Å². The van der Waals surface area contributed by atoms with Gasteiger partial charge in [-0.25, -0.2) is 4.79 Å². The molecule has 0 aromatic heterocycles. The van der Waals surface area contributed by atoms with Crippen molar-refractivity contribution >= 4 is 18.2 Å². The number of urea groups is 1. The predicted molar refractivity (Wildman–Crippen MR) is 98.0 cm³/mol. The molecule has 0 saturated carbocycles. The minimum atomic E-state index is -1.23. The largest absolute Gasteiger partial charge is 0.504 e. The van der Waals surface area contributed by atoms with Crippen LogP contribution < -0.4 is 14.8 Å². The van der Waals surface area contributed by atoms with E-state index >= 15 is 0 Å². The number of rotatable bonds is 5. The van der Waals surface area contributed by atoms with E-state index in [1.165, 1.54) is 19.4 Å². The highest BCUT2D eigenvalue weighted by atomic mass is 16.5. The molecule has 8 heteroatoms. The molecule has 0 bridgehead atoms. The number of imide groups is 1. The van der Waals surface area contributed by atoms with Crippen molar-refractivity contribution in [1.29, 1.82) is 0 Å². The third kappa shape index (κ3) is 3.29. The molecule has 0 radical (unpaired) electrons. The molecule has 140 valence electrons. The van der Waals surface area contributed by atoms with Crippen LogP contribution in [0, 0.1) is 0 Å². The van der Waals surface area contributed by atoms with E-state index in [-0.39, 0.29) is 5.75 Å².